The standard InChI is InChI=1S/C13H11Cl2NO4/c14-8-2-1-7(5-9(8)15)11(17)6-20-13(19)10-3-4-12(18)16-10/h1-2,5,10H,3-4,6H2,(H,16,18). The molecule has 0 aromatic heterocycles. The topological polar surface area (TPSA) is 72.5 Å². The van der Waals surface area contributed by atoms with Crippen molar-refractivity contribution in [3.63, 3.8) is 0 Å². The number of rotatable bonds is 4. The molecule has 2 rings (SSSR count). The third-order valence-corrected chi connectivity index (χ3v) is 3.61. The summed E-state index contributed by atoms with van der Waals surface area (Å²) in [5.74, 6) is -1.19. The second kappa shape index (κ2) is 6.24. The Morgan fingerprint density at radius 2 is 2.05 bits per heavy atom. The Labute approximate surface area is 125 Å². The van der Waals surface area contributed by atoms with Gasteiger partial charge in [0.15, 0.2) is 12.4 Å². The molecule has 5 nitrogen and oxygen atoms in total. The zero-order valence-corrected chi connectivity index (χ0v) is 11.8. The number of Topliss-reactive ketones (excluding diaryl/α,β-unsaturated/α-hetero) is 1. The van der Waals surface area contributed by atoms with Gasteiger partial charge in [-0.05, 0) is 24.6 Å². The number of nitrogens with one attached hydrogen (secondary N) is 1. The van der Waals surface area contributed by atoms with Crippen LogP contribution in [0.1, 0.15) is 23.2 Å². The number of amides is 1. The first kappa shape index (κ1) is 14.8. The summed E-state index contributed by atoms with van der Waals surface area (Å²) >= 11 is 11.5. The number of hydrogen-bond acceptors (Lipinski definition) is 4. The van der Waals surface area contributed by atoms with Gasteiger partial charge in [0.2, 0.25) is 5.91 Å². The molecule has 1 N–H and O–H groups in total. The van der Waals surface area contributed by atoms with E-state index in [0.717, 1.165) is 0 Å². The average Bonchev–Trinajstić information content (AvgIpc) is 2.85. The monoisotopic (exact) mass is 315 g/mol. The molecule has 0 spiro atoms. The Balaban J connectivity index is 1.90. The highest BCUT2D eigenvalue weighted by Crippen LogP contribution is 2.22. The highest BCUT2D eigenvalue weighted by atomic mass is 35.5. The van der Waals surface area contributed by atoms with Crippen LogP contribution in [0, 0.1) is 0 Å². The summed E-state index contributed by atoms with van der Waals surface area (Å²) in [7, 11) is 0. The van der Waals surface area contributed by atoms with Crippen LogP contribution in [0.3, 0.4) is 0 Å². The summed E-state index contributed by atoms with van der Waals surface area (Å²) in [5, 5.41) is 3.07. The van der Waals surface area contributed by atoms with Gasteiger partial charge in [-0.1, -0.05) is 23.2 Å². The van der Waals surface area contributed by atoms with Gasteiger partial charge in [0.1, 0.15) is 6.04 Å². The van der Waals surface area contributed by atoms with E-state index < -0.39 is 18.6 Å². The summed E-state index contributed by atoms with van der Waals surface area (Å²) in [5.41, 5.74) is 0.308. The smallest absolute Gasteiger partial charge is 0.329 e. The Kier molecular flexibility index (Phi) is 4.62. The Bertz CT molecular complexity index is 573. The van der Waals surface area contributed by atoms with E-state index in [2.05, 4.69) is 5.32 Å². The van der Waals surface area contributed by atoms with E-state index in [-0.39, 0.29) is 16.7 Å². The van der Waals surface area contributed by atoms with Gasteiger partial charge in [-0.3, -0.25) is 9.59 Å². The molecule has 1 aliphatic rings. The second-order valence-corrected chi connectivity index (χ2v) is 5.13. The van der Waals surface area contributed by atoms with Crippen molar-refractivity contribution in [3.8, 4) is 0 Å². The summed E-state index contributed by atoms with van der Waals surface area (Å²) in [6, 6.07) is 3.75. The minimum absolute atomic E-state index is 0.192. The molecule has 7 heteroatoms. The molecule has 1 aromatic rings. The molecule has 106 valence electrons. The predicted molar refractivity (Wildman–Crippen MR) is 72.9 cm³/mol. The minimum atomic E-state index is -0.663. The number of hydrogen-bond donors (Lipinski definition) is 1. The van der Waals surface area contributed by atoms with Crippen molar-refractivity contribution < 1.29 is 19.1 Å². The van der Waals surface area contributed by atoms with E-state index >= 15 is 0 Å². The zero-order chi connectivity index (χ0) is 14.7. The normalized spacial score (nSPS) is 17.7. The molecule has 0 radical (unpaired) electrons. The van der Waals surface area contributed by atoms with Gasteiger partial charge in [-0.25, -0.2) is 4.79 Å². The fourth-order valence-electron chi connectivity index (χ4n) is 1.78. The molecule has 1 saturated heterocycles. The molecule has 1 aliphatic heterocycles. The maximum Gasteiger partial charge on any atom is 0.329 e. The van der Waals surface area contributed by atoms with Crippen molar-refractivity contribution in [2.75, 3.05) is 6.61 Å². The van der Waals surface area contributed by atoms with Crippen LogP contribution in [0.2, 0.25) is 10.0 Å². The van der Waals surface area contributed by atoms with Crippen LogP contribution in [0.15, 0.2) is 18.2 Å². The van der Waals surface area contributed by atoms with Crippen LogP contribution >= 0.6 is 23.2 Å². The first-order chi connectivity index (χ1) is 9.47. The van der Waals surface area contributed by atoms with Crippen molar-refractivity contribution in [3.05, 3.63) is 33.8 Å². The van der Waals surface area contributed by atoms with E-state index in [1.54, 1.807) is 0 Å². The van der Waals surface area contributed by atoms with Gasteiger partial charge in [0.05, 0.1) is 10.0 Å². The van der Waals surface area contributed by atoms with Crippen molar-refractivity contribution in [1.29, 1.82) is 0 Å². The molecular weight excluding hydrogens is 305 g/mol. The average molecular weight is 316 g/mol. The van der Waals surface area contributed by atoms with Crippen LogP contribution in [0.5, 0.6) is 0 Å². The van der Waals surface area contributed by atoms with Crippen LogP contribution < -0.4 is 5.32 Å². The van der Waals surface area contributed by atoms with Gasteiger partial charge in [0.25, 0.3) is 0 Å². The number of esters is 1. The van der Waals surface area contributed by atoms with Crippen LogP contribution in [0.4, 0.5) is 0 Å². The number of ether oxygens (including phenoxy) is 1. The number of carbonyl (C=O) groups excluding carboxylic acids is 3. The third kappa shape index (κ3) is 3.49. The lowest BCUT2D eigenvalue weighted by atomic mass is 10.1. The Morgan fingerprint density at radius 3 is 2.65 bits per heavy atom. The van der Waals surface area contributed by atoms with Crippen LogP contribution in [-0.4, -0.2) is 30.3 Å². The second-order valence-electron chi connectivity index (χ2n) is 4.32. The quantitative estimate of drug-likeness (QED) is 0.681. The Hall–Kier alpha value is -1.59. The molecular formula is C13H11Cl2NO4. The predicted octanol–water partition coefficient (Wildman–Crippen LogP) is 2.00. The maximum absolute atomic E-state index is 11.8. The summed E-state index contributed by atoms with van der Waals surface area (Å²) in [4.78, 5) is 34.4. The largest absolute Gasteiger partial charge is 0.456 e. The molecule has 1 atom stereocenters. The first-order valence-corrected chi connectivity index (χ1v) is 6.67. The molecule has 0 aliphatic carbocycles. The van der Waals surface area contributed by atoms with Crippen molar-refractivity contribution in [1.82, 2.24) is 5.32 Å². The van der Waals surface area contributed by atoms with E-state index in [9.17, 15) is 14.4 Å². The van der Waals surface area contributed by atoms with E-state index in [1.807, 2.05) is 0 Å². The van der Waals surface area contributed by atoms with Crippen LogP contribution in [0.25, 0.3) is 0 Å². The van der Waals surface area contributed by atoms with Crippen LogP contribution in [-0.2, 0) is 14.3 Å². The van der Waals surface area contributed by atoms with Gasteiger partial charge >= 0.3 is 5.97 Å². The van der Waals surface area contributed by atoms with Crippen molar-refractivity contribution in [2.24, 2.45) is 0 Å². The molecule has 20 heavy (non-hydrogen) atoms. The number of halogens is 2. The van der Waals surface area contributed by atoms with E-state index in [0.29, 0.717) is 23.4 Å². The molecule has 1 heterocycles. The van der Waals surface area contributed by atoms with Gasteiger partial charge < -0.3 is 10.1 Å². The molecule has 0 saturated carbocycles. The van der Waals surface area contributed by atoms with Gasteiger partial charge in [-0.2, -0.15) is 0 Å². The van der Waals surface area contributed by atoms with Crippen molar-refractivity contribution >= 4 is 40.9 Å². The SMILES string of the molecule is O=C1CCC(C(=O)OCC(=O)c2ccc(Cl)c(Cl)c2)N1. The molecule has 0 bridgehead atoms. The van der Waals surface area contributed by atoms with E-state index in [4.69, 9.17) is 27.9 Å². The Morgan fingerprint density at radius 1 is 1.30 bits per heavy atom. The van der Waals surface area contributed by atoms with Gasteiger partial charge in [-0.15, -0.1) is 0 Å². The fourth-order valence-corrected chi connectivity index (χ4v) is 2.08. The lowest BCUT2D eigenvalue weighted by Gasteiger charge is -2.09. The summed E-state index contributed by atoms with van der Waals surface area (Å²) in [6.07, 6.45) is 0.680. The molecule has 1 aromatic carbocycles. The lowest BCUT2D eigenvalue weighted by Crippen LogP contribution is -2.35. The zero-order valence-electron chi connectivity index (χ0n) is 10.3. The maximum atomic E-state index is 11.8. The number of carbonyl (C=O) groups is 3. The molecule has 1 fully saturated rings. The molecule has 1 amide bonds. The number of ketones is 1. The number of benzene rings is 1. The first-order valence-electron chi connectivity index (χ1n) is 5.91. The minimum Gasteiger partial charge on any atom is -0.456 e. The van der Waals surface area contributed by atoms with E-state index in [1.165, 1.54) is 18.2 Å². The molecule has 1 unspecified atom stereocenters. The summed E-state index contributed by atoms with van der Waals surface area (Å²) < 4.78 is 4.88. The van der Waals surface area contributed by atoms with Crippen molar-refractivity contribution in [2.45, 2.75) is 18.9 Å². The summed E-state index contributed by atoms with van der Waals surface area (Å²) in [6.45, 7) is -0.400. The fraction of sp³-hybridized carbons (Fsp3) is 0.308. The highest BCUT2D eigenvalue weighted by molar-refractivity contribution is 6.42. The third-order valence-electron chi connectivity index (χ3n) is 2.87. The lowest BCUT2D eigenvalue weighted by molar-refractivity contribution is -0.145. The highest BCUT2D eigenvalue weighted by Gasteiger charge is 2.28. The van der Waals surface area contributed by atoms with Gasteiger partial charge in [0, 0.05) is 12.0 Å².